The van der Waals surface area contributed by atoms with Gasteiger partial charge < -0.3 is 9.32 Å². The number of rotatable bonds is 4. The van der Waals surface area contributed by atoms with E-state index < -0.39 is 0 Å². The number of amides is 1. The van der Waals surface area contributed by atoms with Crippen molar-refractivity contribution in [1.29, 1.82) is 0 Å². The molecule has 4 heterocycles. The van der Waals surface area contributed by atoms with E-state index in [-0.39, 0.29) is 11.3 Å². The van der Waals surface area contributed by atoms with Gasteiger partial charge in [0.25, 0.3) is 0 Å². The van der Waals surface area contributed by atoms with Crippen molar-refractivity contribution in [2.75, 3.05) is 19.6 Å². The van der Waals surface area contributed by atoms with Crippen molar-refractivity contribution in [2.45, 2.75) is 45.7 Å². The molecule has 6 nitrogen and oxygen atoms in total. The summed E-state index contributed by atoms with van der Waals surface area (Å²) in [7, 11) is 0. The lowest BCUT2D eigenvalue weighted by Crippen LogP contribution is -2.53. The number of hydrogen-bond donors (Lipinski definition) is 0. The number of piperidine rings is 2. The fourth-order valence-electron chi connectivity index (χ4n) is 4.36. The van der Waals surface area contributed by atoms with E-state index in [1.165, 1.54) is 18.4 Å². The summed E-state index contributed by atoms with van der Waals surface area (Å²) in [5.74, 6) is 0.241. The highest BCUT2D eigenvalue weighted by atomic mass is 16.3. The average Bonchev–Trinajstić information content (AvgIpc) is 3.14. The van der Waals surface area contributed by atoms with E-state index in [0.717, 1.165) is 44.0 Å². The molecule has 138 valence electrons. The highest BCUT2D eigenvalue weighted by molar-refractivity contribution is 5.77. The van der Waals surface area contributed by atoms with E-state index >= 15 is 0 Å². The molecule has 0 bridgehead atoms. The Morgan fingerprint density at radius 2 is 2.12 bits per heavy atom. The molecule has 2 aromatic rings. The van der Waals surface area contributed by atoms with E-state index in [4.69, 9.17) is 4.42 Å². The Bertz CT molecular complexity index is 744. The molecule has 2 aliphatic heterocycles. The third kappa shape index (κ3) is 3.80. The summed E-state index contributed by atoms with van der Waals surface area (Å²) in [6.07, 6.45) is 11.1. The lowest BCUT2D eigenvalue weighted by atomic mass is 9.73. The summed E-state index contributed by atoms with van der Waals surface area (Å²) in [5, 5.41) is 0. The Morgan fingerprint density at radius 3 is 2.88 bits per heavy atom. The van der Waals surface area contributed by atoms with Gasteiger partial charge in [0, 0.05) is 43.2 Å². The zero-order valence-electron chi connectivity index (χ0n) is 15.4. The molecule has 2 fully saturated rings. The molecule has 1 amide bonds. The van der Waals surface area contributed by atoms with Crippen LogP contribution in [0.4, 0.5) is 0 Å². The predicted octanol–water partition coefficient (Wildman–Crippen LogP) is 2.78. The minimum absolute atomic E-state index is 0.202. The van der Waals surface area contributed by atoms with E-state index in [1.807, 2.05) is 24.2 Å². The second kappa shape index (κ2) is 7.19. The fraction of sp³-hybridized carbons (Fsp3) is 0.550. The molecule has 26 heavy (non-hydrogen) atoms. The van der Waals surface area contributed by atoms with Gasteiger partial charge in [-0.05, 0) is 38.8 Å². The number of aryl methyl sites for hydroxylation is 1. The Morgan fingerprint density at radius 1 is 1.19 bits per heavy atom. The normalized spacial score (nSPS) is 24.3. The Balaban J connectivity index is 1.44. The van der Waals surface area contributed by atoms with Gasteiger partial charge in [-0.2, -0.15) is 0 Å². The molecule has 1 spiro atoms. The van der Waals surface area contributed by atoms with Gasteiger partial charge in [-0.15, -0.1) is 0 Å². The lowest BCUT2D eigenvalue weighted by Gasteiger charge is -2.48. The Kier molecular flexibility index (Phi) is 4.76. The van der Waals surface area contributed by atoms with E-state index in [2.05, 4.69) is 14.9 Å². The van der Waals surface area contributed by atoms with Crippen LogP contribution in [-0.2, 0) is 17.9 Å². The smallest absolute Gasteiger partial charge is 0.222 e. The summed E-state index contributed by atoms with van der Waals surface area (Å²) in [6.45, 7) is 6.40. The maximum atomic E-state index is 12.5. The summed E-state index contributed by atoms with van der Waals surface area (Å²) in [4.78, 5) is 25.7. The second-order valence-electron chi connectivity index (χ2n) is 7.84. The number of hydrogen-bond acceptors (Lipinski definition) is 5. The molecular weight excluding hydrogens is 328 g/mol. The van der Waals surface area contributed by atoms with E-state index in [1.54, 1.807) is 18.7 Å². The quantitative estimate of drug-likeness (QED) is 0.845. The molecule has 0 radical (unpaired) electrons. The van der Waals surface area contributed by atoms with Crippen LogP contribution in [-0.4, -0.2) is 45.3 Å². The molecule has 2 aromatic heterocycles. The molecule has 0 N–H and O–H groups in total. The maximum Gasteiger partial charge on any atom is 0.222 e. The van der Waals surface area contributed by atoms with Crippen LogP contribution in [0.3, 0.4) is 0 Å². The van der Waals surface area contributed by atoms with Crippen molar-refractivity contribution in [3.05, 3.63) is 47.9 Å². The number of aromatic nitrogens is 2. The molecular formula is C20H26N4O2. The first-order valence-corrected chi connectivity index (χ1v) is 9.41. The van der Waals surface area contributed by atoms with Gasteiger partial charge in [-0.3, -0.25) is 19.7 Å². The third-order valence-electron chi connectivity index (χ3n) is 5.66. The van der Waals surface area contributed by atoms with Crippen LogP contribution in [0.1, 0.15) is 42.6 Å². The SMILES string of the molecule is Cc1cnc(CN2C[C@]3(CCCN(Cc4ccoc4)C3)CCC2=O)cn1. The number of carbonyl (C=O) groups is 1. The van der Waals surface area contributed by atoms with Crippen molar-refractivity contribution in [3.8, 4) is 0 Å². The number of furan rings is 1. The van der Waals surface area contributed by atoms with Crippen molar-refractivity contribution >= 4 is 5.91 Å². The zero-order valence-corrected chi connectivity index (χ0v) is 15.4. The highest BCUT2D eigenvalue weighted by Gasteiger charge is 2.41. The molecule has 0 unspecified atom stereocenters. The van der Waals surface area contributed by atoms with Crippen LogP contribution in [0.5, 0.6) is 0 Å². The molecule has 2 saturated heterocycles. The van der Waals surface area contributed by atoms with Crippen LogP contribution < -0.4 is 0 Å². The van der Waals surface area contributed by atoms with Gasteiger partial charge in [-0.1, -0.05) is 0 Å². The van der Waals surface area contributed by atoms with Gasteiger partial charge in [0.2, 0.25) is 5.91 Å². The molecule has 1 atom stereocenters. The molecule has 4 rings (SSSR count). The van der Waals surface area contributed by atoms with Gasteiger partial charge in [-0.25, -0.2) is 0 Å². The highest BCUT2D eigenvalue weighted by Crippen LogP contribution is 2.39. The summed E-state index contributed by atoms with van der Waals surface area (Å²) in [5.41, 5.74) is 3.19. The second-order valence-corrected chi connectivity index (χ2v) is 7.84. The number of carbonyl (C=O) groups excluding carboxylic acids is 1. The number of nitrogens with zero attached hydrogens (tertiary/aromatic N) is 4. The zero-order chi connectivity index (χ0) is 18.0. The monoisotopic (exact) mass is 354 g/mol. The van der Waals surface area contributed by atoms with Gasteiger partial charge in [0.15, 0.2) is 0 Å². The number of likely N-dealkylation sites (tertiary alicyclic amines) is 2. The first-order chi connectivity index (χ1) is 12.6. The largest absolute Gasteiger partial charge is 0.472 e. The molecule has 2 aliphatic rings. The minimum Gasteiger partial charge on any atom is -0.472 e. The van der Waals surface area contributed by atoms with E-state index in [9.17, 15) is 4.79 Å². The Hall–Kier alpha value is -2.21. The van der Waals surface area contributed by atoms with Crippen LogP contribution >= 0.6 is 0 Å². The topological polar surface area (TPSA) is 62.5 Å². The van der Waals surface area contributed by atoms with Gasteiger partial charge >= 0.3 is 0 Å². The summed E-state index contributed by atoms with van der Waals surface area (Å²) >= 11 is 0. The summed E-state index contributed by atoms with van der Waals surface area (Å²) in [6, 6.07) is 2.04. The first-order valence-electron chi connectivity index (χ1n) is 9.41. The van der Waals surface area contributed by atoms with Crippen LogP contribution in [0.15, 0.2) is 35.4 Å². The molecule has 0 saturated carbocycles. The van der Waals surface area contributed by atoms with Crippen molar-refractivity contribution in [3.63, 3.8) is 0 Å². The van der Waals surface area contributed by atoms with Crippen LogP contribution in [0.2, 0.25) is 0 Å². The van der Waals surface area contributed by atoms with Crippen molar-refractivity contribution in [1.82, 2.24) is 19.8 Å². The molecule has 6 heteroatoms. The predicted molar refractivity (Wildman–Crippen MR) is 97.1 cm³/mol. The lowest BCUT2D eigenvalue weighted by molar-refractivity contribution is -0.140. The average molecular weight is 354 g/mol. The maximum absolute atomic E-state index is 12.5. The van der Waals surface area contributed by atoms with Crippen LogP contribution in [0.25, 0.3) is 0 Å². The fourth-order valence-corrected chi connectivity index (χ4v) is 4.36. The molecule has 0 aliphatic carbocycles. The summed E-state index contributed by atoms with van der Waals surface area (Å²) < 4.78 is 5.21. The van der Waals surface area contributed by atoms with Gasteiger partial charge in [0.1, 0.15) is 0 Å². The van der Waals surface area contributed by atoms with Gasteiger partial charge in [0.05, 0.1) is 36.7 Å². The Labute approximate surface area is 154 Å². The third-order valence-corrected chi connectivity index (χ3v) is 5.66. The molecule has 0 aromatic carbocycles. The van der Waals surface area contributed by atoms with Crippen molar-refractivity contribution < 1.29 is 9.21 Å². The van der Waals surface area contributed by atoms with E-state index in [0.29, 0.717) is 13.0 Å². The first kappa shape index (κ1) is 17.2. The van der Waals surface area contributed by atoms with Crippen molar-refractivity contribution in [2.24, 2.45) is 5.41 Å². The van der Waals surface area contributed by atoms with Crippen LogP contribution in [0, 0.1) is 12.3 Å². The standard InChI is InChI=1S/C20H26N4O2/c1-16-9-22-18(10-21-16)12-24-15-20(6-3-19(24)25)5-2-7-23(14-20)11-17-4-8-26-13-17/h4,8-10,13H,2-3,5-7,11-12,14-15H2,1H3/t20-/m1/s1. The minimum atomic E-state index is 0.202.